The van der Waals surface area contributed by atoms with Gasteiger partial charge in [0, 0.05) is 46.5 Å². The number of nitrogens with zero attached hydrogens (tertiary/aromatic N) is 5. The molecule has 4 aromatic carbocycles. The lowest BCUT2D eigenvalue weighted by atomic mass is 9.81. The summed E-state index contributed by atoms with van der Waals surface area (Å²) in [4.78, 5) is 14.7. The van der Waals surface area contributed by atoms with Gasteiger partial charge in [0.25, 0.3) is 0 Å². The molecule has 1 aliphatic rings. The van der Waals surface area contributed by atoms with E-state index in [0.717, 1.165) is 56.6 Å². The SMILES string of the molecule is CC(C)(C)c1ccnc(-n2c3ccccc3c3ccc(Oc4cccc(N5CN(c6ncc(C(C)(C)C)cc6C(C)(C)C)c6ccccc65)c4)cc32)c1. The normalized spacial score (nSPS) is 13.6. The number of hydrogen-bond acceptors (Lipinski definition) is 5. The van der Waals surface area contributed by atoms with Gasteiger partial charge in [-0.15, -0.1) is 0 Å². The third-order valence-corrected chi connectivity index (χ3v) is 10.4. The van der Waals surface area contributed by atoms with Crippen molar-refractivity contribution >= 4 is 44.7 Å². The Bertz CT molecular complexity index is 2490. The van der Waals surface area contributed by atoms with Crippen molar-refractivity contribution in [3.8, 4) is 17.3 Å². The van der Waals surface area contributed by atoms with Crippen molar-refractivity contribution in [1.29, 1.82) is 0 Å². The number of ether oxygens (including phenoxy) is 1. The molecule has 0 saturated carbocycles. The maximum absolute atomic E-state index is 6.67. The highest BCUT2D eigenvalue weighted by molar-refractivity contribution is 6.09. The van der Waals surface area contributed by atoms with E-state index in [1.165, 1.54) is 22.1 Å². The maximum atomic E-state index is 6.67. The molecule has 6 heteroatoms. The van der Waals surface area contributed by atoms with Crippen LogP contribution in [0.3, 0.4) is 0 Å². The average molecular weight is 700 g/mol. The summed E-state index contributed by atoms with van der Waals surface area (Å²) in [5.74, 6) is 3.44. The van der Waals surface area contributed by atoms with Crippen molar-refractivity contribution in [3.63, 3.8) is 0 Å². The summed E-state index contributed by atoms with van der Waals surface area (Å²) in [5, 5.41) is 2.35. The van der Waals surface area contributed by atoms with Crippen LogP contribution in [0.4, 0.5) is 22.9 Å². The molecule has 0 N–H and O–H groups in total. The molecule has 0 atom stereocenters. The minimum atomic E-state index is -0.0853. The van der Waals surface area contributed by atoms with E-state index in [1.54, 1.807) is 0 Å². The van der Waals surface area contributed by atoms with Gasteiger partial charge in [-0.2, -0.15) is 0 Å². The van der Waals surface area contributed by atoms with Crippen LogP contribution in [0.5, 0.6) is 11.5 Å². The van der Waals surface area contributed by atoms with Crippen molar-refractivity contribution in [2.24, 2.45) is 0 Å². The van der Waals surface area contributed by atoms with E-state index >= 15 is 0 Å². The third kappa shape index (κ3) is 6.30. The Labute approximate surface area is 313 Å². The van der Waals surface area contributed by atoms with Crippen molar-refractivity contribution in [2.75, 3.05) is 16.5 Å². The van der Waals surface area contributed by atoms with Gasteiger partial charge >= 0.3 is 0 Å². The fraction of sp³-hybridized carbons (Fsp3) is 0.277. The first-order chi connectivity index (χ1) is 25.2. The molecular formula is C47H49N5O. The Morgan fingerprint density at radius 1 is 0.547 bits per heavy atom. The Morgan fingerprint density at radius 3 is 1.96 bits per heavy atom. The molecule has 0 aliphatic carbocycles. The highest BCUT2D eigenvalue weighted by Crippen LogP contribution is 2.47. The maximum Gasteiger partial charge on any atom is 0.138 e. The van der Waals surface area contributed by atoms with Gasteiger partial charge in [-0.05, 0) is 88.0 Å². The lowest BCUT2D eigenvalue weighted by Crippen LogP contribution is -2.28. The van der Waals surface area contributed by atoms with E-state index in [9.17, 15) is 0 Å². The van der Waals surface area contributed by atoms with Crippen LogP contribution in [0.15, 0.2) is 122 Å². The third-order valence-electron chi connectivity index (χ3n) is 10.4. The zero-order valence-electron chi connectivity index (χ0n) is 32.4. The summed E-state index contributed by atoms with van der Waals surface area (Å²) in [6.45, 7) is 20.9. The number of benzene rings is 4. The molecule has 0 amide bonds. The number of hydrogen-bond donors (Lipinski definition) is 0. The van der Waals surface area contributed by atoms with Crippen LogP contribution in [-0.4, -0.2) is 21.2 Å². The van der Waals surface area contributed by atoms with Crippen LogP contribution in [0.1, 0.15) is 79.0 Å². The molecule has 3 aromatic heterocycles. The fourth-order valence-electron chi connectivity index (χ4n) is 7.37. The Balaban J connectivity index is 1.15. The van der Waals surface area contributed by atoms with Gasteiger partial charge in [-0.25, -0.2) is 9.97 Å². The number of anilines is 4. The van der Waals surface area contributed by atoms with E-state index in [0.29, 0.717) is 6.67 Å². The van der Waals surface area contributed by atoms with Crippen LogP contribution in [-0.2, 0) is 16.2 Å². The largest absolute Gasteiger partial charge is 0.457 e. The molecule has 0 fully saturated rings. The monoisotopic (exact) mass is 699 g/mol. The van der Waals surface area contributed by atoms with Crippen molar-refractivity contribution < 1.29 is 4.74 Å². The summed E-state index contributed by atoms with van der Waals surface area (Å²) < 4.78 is 8.93. The second-order valence-electron chi connectivity index (χ2n) is 17.4. The molecule has 268 valence electrons. The van der Waals surface area contributed by atoms with Gasteiger partial charge in [0.1, 0.15) is 29.8 Å². The molecule has 6 nitrogen and oxygen atoms in total. The molecule has 8 rings (SSSR count). The lowest BCUT2D eigenvalue weighted by Gasteiger charge is -2.30. The van der Waals surface area contributed by atoms with Crippen LogP contribution in [0.25, 0.3) is 27.6 Å². The first-order valence-electron chi connectivity index (χ1n) is 18.6. The molecule has 53 heavy (non-hydrogen) atoms. The molecule has 0 radical (unpaired) electrons. The number of pyridine rings is 2. The predicted octanol–water partition coefficient (Wildman–Crippen LogP) is 12.5. The van der Waals surface area contributed by atoms with Gasteiger partial charge in [0.05, 0.1) is 22.4 Å². The topological polar surface area (TPSA) is 46.4 Å². The minimum absolute atomic E-state index is 0.00486. The zero-order valence-corrected chi connectivity index (χ0v) is 32.4. The highest BCUT2D eigenvalue weighted by Gasteiger charge is 2.33. The molecule has 1 aliphatic heterocycles. The molecule has 0 unspecified atom stereocenters. The summed E-state index contributed by atoms with van der Waals surface area (Å²) in [7, 11) is 0. The second kappa shape index (κ2) is 12.5. The van der Waals surface area contributed by atoms with E-state index in [-0.39, 0.29) is 16.2 Å². The van der Waals surface area contributed by atoms with E-state index in [1.807, 2.05) is 12.3 Å². The summed E-state index contributed by atoms with van der Waals surface area (Å²) in [6, 6.07) is 38.6. The Hall–Kier alpha value is -5.62. The van der Waals surface area contributed by atoms with Crippen LogP contribution < -0.4 is 14.5 Å². The van der Waals surface area contributed by atoms with E-state index < -0.39 is 0 Å². The first-order valence-corrected chi connectivity index (χ1v) is 18.6. The second-order valence-corrected chi connectivity index (χ2v) is 17.4. The van der Waals surface area contributed by atoms with Gasteiger partial charge in [0.2, 0.25) is 0 Å². The van der Waals surface area contributed by atoms with Gasteiger partial charge in [-0.1, -0.05) is 98.7 Å². The smallest absolute Gasteiger partial charge is 0.138 e. The van der Waals surface area contributed by atoms with Gasteiger partial charge in [-0.3, -0.25) is 4.57 Å². The van der Waals surface area contributed by atoms with Gasteiger partial charge in [0.15, 0.2) is 0 Å². The number of aromatic nitrogens is 3. The molecule has 0 spiro atoms. The zero-order chi connectivity index (χ0) is 37.3. The Kier molecular flexibility index (Phi) is 8.13. The van der Waals surface area contributed by atoms with Gasteiger partial charge < -0.3 is 14.5 Å². The number of rotatable bonds is 5. The molecule has 0 saturated heterocycles. The minimum Gasteiger partial charge on any atom is -0.457 e. The Morgan fingerprint density at radius 2 is 1.23 bits per heavy atom. The molecule has 4 heterocycles. The fourth-order valence-corrected chi connectivity index (χ4v) is 7.37. The van der Waals surface area contributed by atoms with Crippen molar-refractivity contribution in [1.82, 2.24) is 14.5 Å². The summed E-state index contributed by atoms with van der Waals surface area (Å²) >= 11 is 0. The van der Waals surface area contributed by atoms with E-state index in [4.69, 9.17) is 14.7 Å². The number of fused-ring (bicyclic) bond motifs is 4. The van der Waals surface area contributed by atoms with Crippen molar-refractivity contribution in [3.05, 3.63) is 138 Å². The first kappa shape index (κ1) is 34.5. The van der Waals surface area contributed by atoms with E-state index in [2.05, 4.69) is 186 Å². The summed E-state index contributed by atoms with van der Waals surface area (Å²) in [5.41, 5.74) is 9.17. The van der Waals surface area contributed by atoms with Crippen LogP contribution in [0.2, 0.25) is 0 Å². The quantitative estimate of drug-likeness (QED) is 0.179. The molecule has 7 aromatic rings. The van der Waals surface area contributed by atoms with Crippen LogP contribution in [0, 0.1) is 0 Å². The molecular weight excluding hydrogens is 651 g/mol. The number of para-hydroxylation sites is 3. The average Bonchev–Trinajstić information content (AvgIpc) is 3.66. The summed E-state index contributed by atoms with van der Waals surface area (Å²) in [6.07, 6.45) is 3.97. The van der Waals surface area contributed by atoms with Crippen LogP contribution >= 0.6 is 0 Å². The standard InChI is InChI=1S/C47H49N5O/c1-45(2,3)31-23-24-48-43(26-31)52-39-18-11-10-17-36(39)37-22-21-35(28-42(37)52)53-34-16-14-15-33(27-34)50-30-51(41-20-13-12-19-40(41)50)44-38(47(7,8)9)25-32(29-49-44)46(4,5)6/h10-29H,30H2,1-9H3. The highest BCUT2D eigenvalue weighted by atomic mass is 16.5. The lowest BCUT2D eigenvalue weighted by molar-refractivity contribution is 0.483. The van der Waals surface area contributed by atoms with Crippen molar-refractivity contribution in [2.45, 2.75) is 78.6 Å². The molecule has 0 bridgehead atoms. The predicted molar refractivity (Wildman–Crippen MR) is 221 cm³/mol.